The van der Waals surface area contributed by atoms with E-state index in [1.54, 1.807) is 0 Å². The Bertz CT molecular complexity index is 1320. The number of benzene rings is 3. The average molecular weight is 436 g/mol. The predicted molar refractivity (Wildman–Crippen MR) is 131 cm³/mol. The Labute approximate surface area is 192 Å². The van der Waals surface area contributed by atoms with E-state index in [1.165, 1.54) is 5.56 Å². The van der Waals surface area contributed by atoms with Crippen LogP contribution in [0.3, 0.4) is 0 Å². The van der Waals surface area contributed by atoms with Crippen molar-refractivity contribution in [2.24, 2.45) is 0 Å². The fourth-order valence-corrected chi connectivity index (χ4v) is 3.69. The van der Waals surface area contributed by atoms with Gasteiger partial charge in [0.1, 0.15) is 11.6 Å². The molecule has 6 heteroatoms. The van der Waals surface area contributed by atoms with Gasteiger partial charge < -0.3 is 10.1 Å². The molecule has 2 aromatic heterocycles. The molecule has 0 fully saturated rings. The van der Waals surface area contributed by atoms with Crippen LogP contribution in [0.5, 0.6) is 0 Å². The number of fused-ring (bicyclic) bond motifs is 1. The second-order valence-corrected chi connectivity index (χ2v) is 7.82. The van der Waals surface area contributed by atoms with E-state index in [0.29, 0.717) is 19.0 Å². The van der Waals surface area contributed by atoms with Gasteiger partial charge in [0.2, 0.25) is 0 Å². The number of hydrogen-bond donors (Lipinski definition) is 2. The standard InChI is InChI=1S/C27H25N5O/c1-3-10-20(11-4-1)19-33-17-9-14-22-18-25(32-31-22)29-27-23-15-7-8-16-24(23)28-26(30-27)21-12-5-2-6-13-21/h1-8,10-13,15-16,18H,9,14,17,19H2,(H2,28,29,30,31,32). The van der Waals surface area contributed by atoms with E-state index in [9.17, 15) is 0 Å². The highest BCUT2D eigenvalue weighted by Gasteiger charge is 2.11. The van der Waals surface area contributed by atoms with E-state index in [-0.39, 0.29) is 0 Å². The summed E-state index contributed by atoms with van der Waals surface area (Å²) in [6.07, 6.45) is 1.75. The quantitative estimate of drug-likeness (QED) is 0.281. The zero-order valence-corrected chi connectivity index (χ0v) is 18.2. The summed E-state index contributed by atoms with van der Waals surface area (Å²) >= 11 is 0. The Morgan fingerprint density at radius 3 is 2.42 bits per heavy atom. The maximum absolute atomic E-state index is 5.78. The minimum absolute atomic E-state index is 0.638. The third-order valence-corrected chi connectivity index (χ3v) is 5.35. The molecule has 0 aliphatic heterocycles. The molecule has 33 heavy (non-hydrogen) atoms. The molecule has 0 unspecified atom stereocenters. The summed E-state index contributed by atoms with van der Waals surface area (Å²) in [5.41, 5.74) is 4.05. The lowest BCUT2D eigenvalue weighted by Crippen LogP contribution is -1.99. The molecule has 0 aliphatic rings. The number of rotatable bonds is 9. The third-order valence-electron chi connectivity index (χ3n) is 5.35. The molecule has 3 aromatic carbocycles. The van der Waals surface area contributed by atoms with Crippen molar-refractivity contribution >= 4 is 22.5 Å². The van der Waals surface area contributed by atoms with E-state index in [2.05, 4.69) is 27.6 Å². The summed E-state index contributed by atoms with van der Waals surface area (Å²) in [4.78, 5) is 9.54. The van der Waals surface area contributed by atoms with Crippen molar-refractivity contribution < 1.29 is 4.74 Å². The highest BCUT2D eigenvalue weighted by Crippen LogP contribution is 2.27. The van der Waals surface area contributed by atoms with Gasteiger partial charge in [-0.1, -0.05) is 72.8 Å². The van der Waals surface area contributed by atoms with E-state index < -0.39 is 0 Å². The zero-order valence-electron chi connectivity index (χ0n) is 18.2. The first-order valence-electron chi connectivity index (χ1n) is 11.1. The number of aromatic nitrogens is 4. The molecule has 0 bridgehead atoms. The van der Waals surface area contributed by atoms with Gasteiger partial charge in [0, 0.05) is 23.6 Å². The molecule has 0 spiro atoms. The molecule has 0 amide bonds. The van der Waals surface area contributed by atoms with Gasteiger partial charge in [-0.05, 0) is 30.5 Å². The largest absolute Gasteiger partial charge is 0.377 e. The van der Waals surface area contributed by atoms with Gasteiger partial charge in [0.05, 0.1) is 17.8 Å². The Morgan fingerprint density at radius 2 is 1.58 bits per heavy atom. The first-order valence-corrected chi connectivity index (χ1v) is 11.1. The molecule has 0 aliphatic carbocycles. The fourth-order valence-electron chi connectivity index (χ4n) is 3.69. The Balaban J connectivity index is 1.25. The minimum Gasteiger partial charge on any atom is -0.377 e. The number of nitrogens with zero attached hydrogens (tertiary/aromatic N) is 3. The normalized spacial score (nSPS) is 11.0. The van der Waals surface area contributed by atoms with Gasteiger partial charge in [-0.2, -0.15) is 5.10 Å². The molecular formula is C27H25N5O. The number of aromatic amines is 1. The van der Waals surface area contributed by atoms with Crippen molar-refractivity contribution in [2.75, 3.05) is 11.9 Å². The molecular weight excluding hydrogens is 410 g/mol. The maximum atomic E-state index is 5.78. The summed E-state index contributed by atoms with van der Waals surface area (Å²) < 4.78 is 5.78. The van der Waals surface area contributed by atoms with E-state index in [4.69, 9.17) is 14.7 Å². The molecule has 5 aromatic rings. The van der Waals surface area contributed by atoms with Gasteiger partial charge >= 0.3 is 0 Å². The van der Waals surface area contributed by atoms with Crippen LogP contribution in [0, 0.1) is 0 Å². The Kier molecular flexibility index (Phi) is 6.36. The first kappa shape index (κ1) is 20.8. The van der Waals surface area contributed by atoms with Crippen molar-refractivity contribution in [1.82, 2.24) is 20.2 Å². The Morgan fingerprint density at radius 1 is 0.818 bits per heavy atom. The minimum atomic E-state index is 0.638. The molecule has 2 heterocycles. The van der Waals surface area contributed by atoms with E-state index in [1.807, 2.05) is 78.9 Å². The second kappa shape index (κ2) is 10.1. The van der Waals surface area contributed by atoms with Crippen LogP contribution < -0.4 is 5.32 Å². The Hall–Kier alpha value is -4.03. The van der Waals surface area contributed by atoms with Gasteiger partial charge in [-0.3, -0.25) is 5.10 Å². The number of aryl methyl sites for hydroxylation is 1. The van der Waals surface area contributed by atoms with Crippen molar-refractivity contribution in [3.05, 3.63) is 102 Å². The third kappa shape index (κ3) is 5.25. The lowest BCUT2D eigenvalue weighted by atomic mass is 10.2. The molecule has 0 radical (unpaired) electrons. The van der Waals surface area contributed by atoms with Crippen molar-refractivity contribution in [1.29, 1.82) is 0 Å². The zero-order chi connectivity index (χ0) is 22.3. The van der Waals surface area contributed by atoms with Crippen molar-refractivity contribution in [3.63, 3.8) is 0 Å². The van der Waals surface area contributed by atoms with Crippen LogP contribution in [-0.4, -0.2) is 26.8 Å². The van der Waals surface area contributed by atoms with Crippen LogP contribution in [0.25, 0.3) is 22.3 Å². The lowest BCUT2D eigenvalue weighted by Gasteiger charge is -2.09. The molecule has 6 nitrogen and oxygen atoms in total. The average Bonchev–Trinajstić information content (AvgIpc) is 3.32. The maximum Gasteiger partial charge on any atom is 0.162 e. The topological polar surface area (TPSA) is 75.7 Å². The number of ether oxygens (including phenoxy) is 1. The lowest BCUT2D eigenvalue weighted by molar-refractivity contribution is 0.118. The first-order chi connectivity index (χ1) is 16.3. The molecule has 5 rings (SSSR count). The van der Waals surface area contributed by atoms with E-state index >= 15 is 0 Å². The summed E-state index contributed by atoms with van der Waals surface area (Å²) in [7, 11) is 0. The van der Waals surface area contributed by atoms with Crippen molar-refractivity contribution in [2.45, 2.75) is 19.4 Å². The van der Waals surface area contributed by atoms with Crippen LogP contribution in [0.15, 0.2) is 91.0 Å². The smallest absolute Gasteiger partial charge is 0.162 e. The monoisotopic (exact) mass is 435 g/mol. The summed E-state index contributed by atoms with van der Waals surface area (Å²) in [5, 5.41) is 11.9. The highest BCUT2D eigenvalue weighted by atomic mass is 16.5. The van der Waals surface area contributed by atoms with Crippen LogP contribution >= 0.6 is 0 Å². The van der Waals surface area contributed by atoms with Gasteiger partial charge in [0.25, 0.3) is 0 Å². The number of H-pyrrole nitrogens is 1. The van der Waals surface area contributed by atoms with Gasteiger partial charge in [-0.15, -0.1) is 0 Å². The predicted octanol–water partition coefficient (Wildman–Crippen LogP) is 5.91. The van der Waals surface area contributed by atoms with Gasteiger partial charge in [0.15, 0.2) is 5.82 Å². The summed E-state index contributed by atoms with van der Waals surface area (Å²) in [6, 6.07) is 30.3. The fraction of sp³-hybridized carbons (Fsp3) is 0.148. The molecule has 0 saturated heterocycles. The van der Waals surface area contributed by atoms with Crippen LogP contribution in [0.2, 0.25) is 0 Å². The molecule has 0 atom stereocenters. The van der Waals surface area contributed by atoms with Crippen molar-refractivity contribution in [3.8, 4) is 11.4 Å². The van der Waals surface area contributed by atoms with Crippen LogP contribution in [0.4, 0.5) is 11.6 Å². The summed E-state index contributed by atoms with van der Waals surface area (Å²) in [6.45, 7) is 1.33. The number of para-hydroxylation sites is 1. The van der Waals surface area contributed by atoms with Gasteiger partial charge in [-0.25, -0.2) is 9.97 Å². The SMILES string of the molecule is c1ccc(COCCCc2cc(Nc3nc(-c4ccccc4)nc4ccccc34)[nH]n2)cc1. The van der Waals surface area contributed by atoms with E-state index in [0.717, 1.165) is 46.6 Å². The highest BCUT2D eigenvalue weighted by molar-refractivity contribution is 5.91. The van der Waals surface area contributed by atoms with Crippen LogP contribution in [0.1, 0.15) is 17.7 Å². The number of anilines is 2. The number of nitrogens with one attached hydrogen (secondary N) is 2. The molecule has 164 valence electrons. The molecule has 0 saturated carbocycles. The second-order valence-electron chi connectivity index (χ2n) is 7.82. The molecule has 2 N–H and O–H groups in total. The number of hydrogen-bond acceptors (Lipinski definition) is 5. The van der Waals surface area contributed by atoms with Crippen LogP contribution in [-0.2, 0) is 17.8 Å². The summed E-state index contributed by atoms with van der Waals surface area (Å²) in [5.74, 6) is 2.24.